The van der Waals surface area contributed by atoms with Crippen LogP contribution >= 0.6 is 0 Å². The third kappa shape index (κ3) is 1.43. The van der Waals surface area contributed by atoms with Gasteiger partial charge in [0, 0.05) is 25.7 Å². The Kier molecular flexibility index (Phi) is 2.09. The maximum Gasteiger partial charge on any atom is 0.0190 e. The normalized spacial score (nSPS) is 25.7. The van der Waals surface area contributed by atoms with Crippen LogP contribution in [-0.4, -0.2) is 30.6 Å². The zero-order valence-corrected chi connectivity index (χ0v) is 6.30. The second kappa shape index (κ2) is 2.67. The molecule has 54 valence electrons. The van der Waals surface area contributed by atoms with Gasteiger partial charge in [0.1, 0.15) is 0 Å². The van der Waals surface area contributed by atoms with E-state index in [2.05, 4.69) is 18.7 Å². The van der Waals surface area contributed by atoms with Gasteiger partial charge in [-0.05, 0) is 12.8 Å². The first kappa shape index (κ1) is 7.03. The van der Waals surface area contributed by atoms with E-state index >= 15 is 0 Å². The molecule has 1 heterocycles. The van der Waals surface area contributed by atoms with Gasteiger partial charge in [-0.2, -0.15) is 0 Å². The van der Waals surface area contributed by atoms with E-state index in [9.17, 15) is 0 Å². The van der Waals surface area contributed by atoms with E-state index in [1.807, 2.05) is 0 Å². The Morgan fingerprint density at radius 3 is 2.56 bits per heavy atom. The molecule has 9 heavy (non-hydrogen) atoms. The lowest BCUT2D eigenvalue weighted by Gasteiger charge is -2.41. The molecule has 0 saturated carbocycles. The Morgan fingerprint density at radius 1 is 1.67 bits per heavy atom. The number of likely N-dealkylation sites (tertiary alicyclic amines) is 1. The summed E-state index contributed by atoms with van der Waals surface area (Å²) in [6.45, 7) is 7.76. The smallest absolute Gasteiger partial charge is 0.0190 e. The molecule has 1 atom stereocenters. The van der Waals surface area contributed by atoms with E-state index in [4.69, 9.17) is 5.73 Å². The molecule has 1 fully saturated rings. The van der Waals surface area contributed by atoms with Gasteiger partial charge in [0.05, 0.1) is 0 Å². The first-order valence-electron chi connectivity index (χ1n) is 3.68. The maximum atomic E-state index is 5.49. The summed E-state index contributed by atoms with van der Waals surface area (Å²) in [4.78, 5) is 2.42. The summed E-state index contributed by atoms with van der Waals surface area (Å²) in [7, 11) is 0. The minimum atomic E-state index is 0.598. The van der Waals surface area contributed by atoms with Crippen molar-refractivity contribution < 1.29 is 0 Å². The predicted molar refractivity (Wildman–Crippen MR) is 39.3 cm³/mol. The van der Waals surface area contributed by atoms with E-state index < -0.39 is 0 Å². The van der Waals surface area contributed by atoms with Gasteiger partial charge in [-0.3, -0.25) is 4.90 Å². The highest BCUT2D eigenvalue weighted by molar-refractivity contribution is 4.80. The van der Waals surface area contributed by atoms with Crippen LogP contribution in [0.4, 0.5) is 0 Å². The molecule has 1 saturated heterocycles. The van der Waals surface area contributed by atoms with Crippen molar-refractivity contribution in [1.29, 1.82) is 0 Å². The number of nitrogens with two attached hydrogens (primary N) is 1. The fourth-order valence-corrected chi connectivity index (χ4v) is 1.26. The second-order valence-electron chi connectivity index (χ2n) is 3.14. The highest BCUT2D eigenvalue weighted by atomic mass is 15.2. The summed E-state index contributed by atoms with van der Waals surface area (Å²) < 4.78 is 0. The average Bonchev–Trinajstić information content (AvgIpc) is 1.79. The Morgan fingerprint density at radius 2 is 2.22 bits per heavy atom. The minimum absolute atomic E-state index is 0.598. The summed E-state index contributed by atoms with van der Waals surface area (Å²) in [5.41, 5.74) is 5.49. The molecule has 0 aromatic heterocycles. The molecule has 0 aromatic rings. The second-order valence-corrected chi connectivity index (χ2v) is 3.14. The molecule has 1 unspecified atom stereocenters. The molecule has 0 amide bonds. The van der Waals surface area contributed by atoms with E-state index in [0.29, 0.717) is 6.04 Å². The molecule has 0 aliphatic carbocycles. The van der Waals surface area contributed by atoms with Crippen molar-refractivity contribution in [2.75, 3.05) is 19.6 Å². The van der Waals surface area contributed by atoms with Crippen LogP contribution in [0, 0.1) is 5.92 Å². The Balaban J connectivity index is 2.15. The molecule has 2 N–H and O–H groups in total. The molecule has 0 radical (unpaired) electrons. The predicted octanol–water partition coefficient (Wildman–Crippen LogP) is 0.285. The molecule has 1 aliphatic heterocycles. The van der Waals surface area contributed by atoms with Crippen LogP contribution in [0.5, 0.6) is 0 Å². The van der Waals surface area contributed by atoms with Crippen LogP contribution < -0.4 is 5.73 Å². The van der Waals surface area contributed by atoms with Gasteiger partial charge >= 0.3 is 0 Å². The minimum Gasteiger partial charge on any atom is -0.329 e. The van der Waals surface area contributed by atoms with Gasteiger partial charge in [-0.25, -0.2) is 0 Å². The SMILES string of the molecule is CC1CN(C(C)CN)C1. The Labute approximate surface area is 57.0 Å². The number of hydrogen-bond acceptors (Lipinski definition) is 2. The molecule has 0 spiro atoms. The van der Waals surface area contributed by atoms with Gasteiger partial charge in [0.2, 0.25) is 0 Å². The van der Waals surface area contributed by atoms with Gasteiger partial charge in [-0.1, -0.05) is 6.92 Å². The molecule has 2 heteroatoms. The number of hydrogen-bond donors (Lipinski definition) is 1. The zero-order valence-electron chi connectivity index (χ0n) is 6.30. The summed E-state index contributed by atoms with van der Waals surface area (Å²) >= 11 is 0. The summed E-state index contributed by atoms with van der Waals surface area (Å²) in [5, 5.41) is 0. The molecule has 0 bridgehead atoms. The Bertz CT molecular complexity index is 86.9. The average molecular weight is 128 g/mol. The molecule has 2 nitrogen and oxygen atoms in total. The highest BCUT2D eigenvalue weighted by Gasteiger charge is 2.25. The zero-order chi connectivity index (χ0) is 6.85. The number of rotatable bonds is 2. The topological polar surface area (TPSA) is 29.3 Å². The van der Waals surface area contributed by atoms with Crippen molar-refractivity contribution in [2.24, 2.45) is 11.7 Å². The van der Waals surface area contributed by atoms with Crippen molar-refractivity contribution in [1.82, 2.24) is 4.90 Å². The first-order chi connectivity index (χ1) is 4.24. The van der Waals surface area contributed by atoms with Crippen LogP contribution in [0.25, 0.3) is 0 Å². The van der Waals surface area contributed by atoms with Crippen molar-refractivity contribution in [3.8, 4) is 0 Å². The van der Waals surface area contributed by atoms with Crippen LogP contribution in [-0.2, 0) is 0 Å². The molecule has 1 rings (SSSR count). The van der Waals surface area contributed by atoms with Crippen LogP contribution in [0.3, 0.4) is 0 Å². The van der Waals surface area contributed by atoms with E-state index in [-0.39, 0.29) is 0 Å². The van der Waals surface area contributed by atoms with E-state index in [1.165, 1.54) is 13.1 Å². The van der Waals surface area contributed by atoms with Crippen molar-refractivity contribution in [3.05, 3.63) is 0 Å². The van der Waals surface area contributed by atoms with Crippen molar-refractivity contribution in [2.45, 2.75) is 19.9 Å². The third-order valence-corrected chi connectivity index (χ3v) is 2.06. The van der Waals surface area contributed by atoms with Crippen molar-refractivity contribution >= 4 is 0 Å². The maximum absolute atomic E-state index is 5.49. The monoisotopic (exact) mass is 128 g/mol. The fourth-order valence-electron chi connectivity index (χ4n) is 1.26. The lowest BCUT2D eigenvalue weighted by atomic mass is 10.0. The van der Waals surface area contributed by atoms with Gasteiger partial charge in [0.25, 0.3) is 0 Å². The lowest BCUT2D eigenvalue weighted by molar-refractivity contribution is 0.0742. The first-order valence-corrected chi connectivity index (χ1v) is 3.68. The van der Waals surface area contributed by atoms with Crippen molar-refractivity contribution in [3.63, 3.8) is 0 Å². The largest absolute Gasteiger partial charge is 0.329 e. The Hall–Kier alpha value is -0.0800. The summed E-state index contributed by atoms with van der Waals surface area (Å²) in [5.74, 6) is 0.902. The molecular formula is C7H16N2. The highest BCUT2D eigenvalue weighted by Crippen LogP contribution is 2.16. The quantitative estimate of drug-likeness (QED) is 0.579. The third-order valence-electron chi connectivity index (χ3n) is 2.06. The molecular weight excluding hydrogens is 112 g/mol. The standard InChI is InChI=1S/C7H16N2/c1-6-4-9(5-6)7(2)3-8/h6-7H,3-5,8H2,1-2H3. The van der Waals surface area contributed by atoms with Crippen LogP contribution in [0.2, 0.25) is 0 Å². The van der Waals surface area contributed by atoms with Gasteiger partial charge in [-0.15, -0.1) is 0 Å². The number of nitrogens with zero attached hydrogens (tertiary/aromatic N) is 1. The van der Waals surface area contributed by atoms with E-state index in [0.717, 1.165) is 12.5 Å². The van der Waals surface area contributed by atoms with Gasteiger partial charge in [0.15, 0.2) is 0 Å². The van der Waals surface area contributed by atoms with Crippen LogP contribution in [0.1, 0.15) is 13.8 Å². The lowest BCUT2D eigenvalue weighted by Crippen LogP contribution is -2.52. The summed E-state index contributed by atoms with van der Waals surface area (Å²) in [6, 6.07) is 0.598. The van der Waals surface area contributed by atoms with Crippen LogP contribution in [0.15, 0.2) is 0 Å². The molecule has 1 aliphatic rings. The molecule has 0 aromatic carbocycles. The van der Waals surface area contributed by atoms with E-state index in [1.54, 1.807) is 0 Å². The fraction of sp³-hybridized carbons (Fsp3) is 1.00. The van der Waals surface area contributed by atoms with Gasteiger partial charge < -0.3 is 5.73 Å². The summed E-state index contributed by atoms with van der Waals surface area (Å²) in [6.07, 6.45) is 0.